The molecule has 17 heavy (non-hydrogen) atoms. The Balaban J connectivity index is 2.94. The zero-order valence-corrected chi connectivity index (χ0v) is 9.30. The number of aromatic carboxylic acids is 1. The predicted molar refractivity (Wildman–Crippen MR) is 63.4 cm³/mol. The van der Waals surface area contributed by atoms with Gasteiger partial charge in [0.25, 0.3) is 0 Å². The molecule has 1 aromatic rings. The minimum atomic E-state index is -1.21. The Morgan fingerprint density at radius 1 is 1.47 bits per heavy atom. The molecular weight excluding hydrogens is 222 g/mol. The molecule has 0 radical (unpaired) electrons. The maximum absolute atomic E-state index is 11.1. The monoisotopic (exact) mass is 235 g/mol. The highest BCUT2D eigenvalue weighted by Gasteiger charge is 2.12. The summed E-state index contributed by atoms with van der Waals surface area (Å²) in [6.07, 6.45) is 1.44. The van der Waals surface area contributed by atoms with Crippen LogP contribution < -0.4 is 5.32 Å². The molecule has 0 fully saturated rings. The lowest BCUT2D eigenvalue weighted by atomic mass is 10.1. The SMILES string of the molecule is C=CC(Nc1ccc(C(=O)O)c(O)c1)C(C)=O. The fraction of sp³-hybridized carbons (Fsp3) is 0.167. The second-order valence-electron chi connectivity index (χ2n) is 3.51. The van der Waals surface area contributed by atoms with Crippen molar-refractivity contribution < 1.29 is 19.8 Å². The molecule has 5 heteroatoms. The van der Waals surface area contributed by atoms with Gasteiger partial charge < -0.3 is 15.5 Å². The first kappa shape index (κ1) is 12.8. The van der Waals surface area contributed by atoms with Crippen molar-refractivity contribution in [2.24, 2.45) is 0 Å². The van der Waals surface area contributed by atoms with Crippen LogP contribution in [0.2, 0.25) is 0 Å². The number of benzene rings is 1. The summed E-state index contributed by atoms with van der Waals surface area (Å²) >= 11 is 0. The van der Waals surface area contributed by atoms with E-state index in [1.54, 1.807) is 0 Å². The van der Waals surface area contributed by atoms with Crippen molar-refractivity contribution >= 4 is 17.4 Å². The van der Waals surface area contributed by atoms with Gasteiger partial charge in [0.2, 0.25) is 0 Å². The predicted octanol–water partition coefficient (Wildman–Crippen LogP) is 1.65. The summed E-state index contributed by atoms with van der Waals surface area (Å²) < 4.78 is 0. The number of anilines is 1. The van der Waals surface area contributed by atoms with Crippen LogP contribution in [0, 0.1) is 0 Å². The van der Waals surface area contributed by atoms with Gasteiger partial charge in [0.05, 0.1) is 0 Å². The van der Waals surface area contributed by atoms with Crippen molar-refractivity contribution in [1.29, 1.82) is 0 Å². The number of carboxylic acids is 1. The molecule has 0 aliphatic heterocycles. The average molecular weight is 235 g/mol. The fourth-order valence-electron chi connectivity index (χ4n) is 1.31. The number of carbonyl (C=O) groups excluding carboxylic acids is 1. The van der Waals surface area contributed by atoms with Crippen LogP contribution in [0.25, 0.3) is 0 Å². The molecule has 5 nitrogen and oxygen atoms in total. The summed E-state index contributed by atoms with van der Waals surface area (Å²) in [5.41, 5.74) is 0.265. The number of hydrogen-bond donors (Lipinski definition) is 3. The number of carboxylic acid groups (broad SMARTS) is 1. The summed E-state index contributed by atoms with van der Waals surface area (Å²) in [5, 5.41) is 21.0. The van der Waals surface area contributed by atoms with E-state index in [2.05, 4.69) is 11.9 Å². The van der Waals surface area contributed by atoms with E-state index in [0.29, 0.717) is 5.69 Å². The van der Waals surface area contributed by atoms with Gasteiger partial charge in [0.1, 0.15) is 17.4 Å². The van der Waals surface area contributed by atoms with Gasteiger partial charge in [-0.25, -0.2) is 4.79 Å². The van der Waals surface area contributed by atoms with Gasteiger partial charge in [-0.2, -0.15) is 0 Å². The summed E-state index contributed by atoms with van der Waals surface area (Å²) in [4.78, 5) is 21.8. The lowest BCUT2D eigenvalue weighted by molar-refractivity contribution is -0.116. The van der Waals surface area contributed by atoms with E-state index < -0.39 is 12.0 Å². The van der Waals surface area contributed by atoms with E-state index in [1.165, 1.54) is 31.2 Å². The van der Waals surface area contributed by atoms with E-state index >= 15 is 0 Å². The van der Waals surface area contributed by atoms with Crippen LogP contribution in [0.15, 0.2) is 30.9 Å². The first-order valence-corrected chi connectivity index (χ1v) is 4.91. The molecule has 1 unspecified atom stereocenters. The summed E-state index contributed by atoms with van der Waals surface area (Å²) in [5.74, 6) is -1.68. The average Bonchev–Trinajstić information content (AvgIpc) is 2.24. The zero-order valence-electron chi connectivity index (χ0n) is 9.30. The molecule has 90 valence electrons. The highest BCUT2D eigenvalue weighted by molar-refractivity contribution is 5.92. The molecule has 1 atom stereocenters. The van der Waals surface area contributed by atoms with E-state index in [0.717, 1.165) is 0 Å². The van der Waals surface area contributed by atoms with Gasteiger partial charge in [0, 0.05) is 11.8 Å². The van der Waals surface area contributed by atoms with Crippen molar-refractivity contribution in [1.82, 2.24) is 0 Å². The lowest BCUT2D eigenvalue weighted by Crippen LogP contribution is -2.24. The Bertz CT molecular complexity index is 468. The Labute approximate surface area is 98.4 Å². The first-order chi connectivity index (χ1) is 7.95. The number of rotatable bonds is 5. The largest absolute Gasteiger partial charge is 0.507 e. The quantitative estimate of drug-likeness (QED) is 0.675. The second kappa shape index (κ2) is 5.16. The minimum absolute atomic E-state index is 0.123. The molecule has 0 saturated carbocycles. The number of hydrogen-bond acceptors (Lipinski definition) is 4. The molecule has 1 aromatic carbocycles. The number of nitrogens with one attached hydrogen (secondary N) is 1. The standard InChI is InChI=1S/C12H13NO4/c1-3-10(7(2)14)13-8-4-5-9(12(16)17)11(15)6-8/h3-6,10,13,15H,1H2,2H3,(H,16,17). The zero-order chi connectivity index (χ0) is 13.0. The number of ketones is 1. The molecule has 0 aliphatic carbocycles. The third kappa shape index (κ3) is 3.07. The van der Waals surface area contributed by atoms with E-state index in [9.17, 15) is 14.7 Å². The van der Waals surface area contributed by atoms with E-state index in [-0.39, 0.29) is 17.1 Å². The number of phenols is 1. The van der Waals surface area contributed by atoms with Crippen molar-refractivity contribution in [3.8, 4) is 5.75 Å². The molecule has 3 N–H and O–H groups in total. The van der Waals surface area contributed by atoms with Crippen molar-refractivity contribution in [3.63, 3.8) is 0 Å². The lowest BCUT2D eigenvalue weighted by Gasteiger charge is -2.13. The van der Waals surface area contributed by atoms with Crippen LogP contribution in [-0.2, 0) is 4.79 Å². The molecule has 0 spiro atoms. The molecule has 0 bridgehead atoms. The normalized spacial score (nSPS) is 11.6. The number of aromatic hydroxyl groups is 1. The smallest absolute Gasteiger partial charge is 0.339 e. The van der Waals surface area contributed by atoms with Crippen LogP contribution >= 0.6 is 0 Å². The third-order valence-electron chi connectivity index (χ3n) is 2.22. The topological polar surface area (TPSA) is 86.6 Å². The van der Waals surface area contributed by atoms with Crippen molar-refractivity contribution in [2.75, 3.05) is 5.32 Å². The molecule has 0 heterocycles. The van der Waals surface area contributed by atoms with Gasteiger partial charge in [0.15, 0.2) is 5.78 Å². The van der Waals surface area contributed by atoms with Gasteiger partial charge in [-0.05, 0) is 19.1 Å². The minimum Gasteiger partial charge on any atom is -0.507 e. The number of Topliss-reactive ketones (excluding diaryl/α,β-unsaturated/α-hetero) is 1. The molecule has 1 rings (SSSR count). The number of carbonyl (C=O) groups is 2. The third-order valence-corrected chi connectivity index (χ3v) is 2.22. The van der Waals surface area contributed by atoms with Crippen LogP contribution in [0.3, 0.4) is 0 Å². The highest BCUT2D eigenvalue weighted by Crippen LogP contribution is 2.22. The summed E-state index contributed by atoms with van der Waals surface area (Å²) in [6, 6.07) is 3.43. The van der Waals surface area contributed by atoms with E-state index in [1.807, 2.05) is 0 Å². The van der Waals surface area contributed by atoms with E-state index in [4.69, 9.17) is 5.11 Å². The van der Waals surface area contributed by atoms with Crippen LogP contribution in [0.5, 0.6) is 5.75 Å². The Morgan fingerprint density at radius 2 is 2.12 bits per heavy atom. The van der Waals surface area contributed by atoms with Crippen LogP contribution in [-0.4, -0.2) is 28.0 Å². The fourth-order valence-corrected chi connectivity index (χ4v) is 1.31. The van der Waals surface area contributed by atoms with Crippen LogP contribution in [0.1, 0.15) is 17.3 Å². The summed E-state index contributed by atoms with van der Waals surface area (Å²) in [7, 11) is 0. The molecule has 0 aromatic heterocycles. The Morgan fingerprint density at radius 3 is 2.53 bits per heavy atom. The van der Waals surface area contributed by atoms with Crippen molar-refractivity contribution in [3.05, 3.63) is 36.4 Å². The molecule has 0 aliphatic rings. The van der Waals surface area contributed by atoms with Gasteiger partial charge in [-0.3, -0.25) is 4.79 Å². The van der Waals surface area contributed by atoms with Crippen molar-refractivity contribution in [2.45, 2.75) is 13.0 Å². The second-order valence-corrected chi connectivity index (χ2v) is 3.51. The maximum atomic E-state index is 11.1. The van der Waals surface area contributed by atoms with Gasteiger partial charge >= 0.3 is 5.97 Å². The Hall–Kier alpha value is -2.30. The van der Waals surface area contributed by atoms with Crippen LogP contribution in [0.4, 0.5) is 5.69 Å². The maximum Gasteiger partial charge on any atom is 0.339 e. The highest BCUT2D eigenvalue weighted by atomic mass is 16.4. The Kier molecular flexibility index (Phi) is 3.87. The summed E-state index contributed by atoms with van der Waals surface area (Å²) in [6.45, 7) is 4.91. The molecular formula is C12H13NO4. The molecule has 0 amide bonds. The molecule has 0 saturated heterocycles. The van der Waals surface area contributed by atoms with Gasteiger partial charge in [-0.15, -0.1) is 6.58 Å². The first-order valence-electron chi connectivity index (χ1n) is 4.91. The van der Waals surface area contributed by atoms with Gasteiger partial charge in [-0.1, -0.05) is 6.08 Å².